The van der Waals surface area contributed by atoms with Crippen LogP contribution in [0.2, 0.25) is 10.0 Å². The van der Waals surface area contributed by atoms with E-state index in [4.69, 9.17) is 33.3 Å². The van der Waals surface area contributed by atoms with E-state index in [2.05, 4.69) is 17.9 Å². The molecule has 2 aliphatic heterocycles. The Morgan fingerprint density at radius 3 is 2.43 bits per heavy atom. The number of carbonyl (C=O) groups is 1. The summed E-state index contributed by atoms with van der Waals surface area (Å²) in [6.07, 6.45) is -5.74. The number of urea groups is 1. The third-order valence-electron chi connectivity index (χ3n) is 6.32. The van der Waals surface area contributed by atoms with E-state index in [9.17, 15) is 22.4 Å². The molecule has 1 fully saturated rings. The fourth-order valence-electron chi connectivity index (χ4n) is 4.40. The maximum absolute atomic E-state index is 14.2. The highest BCUT2D eigenvalue weighted by Crippen LogP contribution is 2.49. The van der Waals surface area contributed by atoms with Crippen molar-refractivity contribution < 1.29 is 27.1 Å². The second-order valence-corrected chi connectivity index (χ2v) is 10.2. The minimum absolute atomic E-state index is 0.188. The van der Waals surface area contributed by atoms with Gasteiger partial charge in [-0.05, 0) is 47.4 Å². The van der Waals surface area contributed by atoms with Crippen LogP contribution in [0.3, 0.4) is 0 Å². The molecule has 0 saturated carbocycles. The maximum Gasteiger partial charge on any atom is 0.407 e. The summed E-state index contributed by atoms with van der Waals surface area (Å²) in [6, 6.07) is 6.37. The standard InChI is InChI=1S/C23H21Cl2F4N3O2S/c1-2-31-20(33)32-10-21(11-32)15-4-3-12(5-13(15)9-34-21)18(30)8-22(35,23(27,28)29)14-6-16(24)19(26)17(25)7-14/h3-7,30,35H,2,8-11H2,1H3,(H,31,33). The Morgan fingerprint density at radius 2 is 1.86 bits per heavy atom. The van der Waals surface area contributed by atoms with E-state index in [1.165, 1.54) is 0 Å². The number of rotatable bonds is 5. The van der Waals surface area contributed by atoms with Crippen LogP contribution >= 0.6 is 35.8 Å². The van der Waals surface area contributed by atoms with Crippen LogP contribution in [0, 0.1) is 11.2 Å². The first-order valence-corrected chi connectivity index (χ1v) is 11.8. The lowest BCUT2D eigenvalue weighted by Gasteiger charge is -2.47. The quantitative estimate of drug-likeness (QED) is 0.184. The minimum Gasteiger partial charge on any atom is -0.362 e. The van der Waals surface area contributed by atoms with Crippen molar-refractivity contribution in [3.05, 3.63) is 68.4 Å². The highest BCUT2D eigenvalue weighted by molar-refractivity contribution is 7.81. The molecule has 5 nitrogen and oxygen atoms in total. The first kappa shape index (κ1) is 26.1. The van der Waals surface area contributed by atoms with E-state index < -0.39 is 44.4 Å². The first-order chi connectivity index (χ1) is 16.3. The summed E-state index contributed by atoms with van der Waals surface area (Å²) in [7, 11) is 0. The first-order valence-electron chi connectivity index (χ1n) is 10.6. The van der Waals surface area contributed by atoms with Gasteiger partial charge in [0.2, 0.25) is 0 Å². The summed E-state index contributed by atoms with van der Waals surface area (Å²) in [4.78, 5) is 13.6. The van der Waals surface area contributed by atoms with Gasteiger partial charge in [-0.2, -0.15) is 25.8 Å². The molecule has 0 bridgehead atoms. The minimum atomic E-state index is -4.90. The van der Waals surface area contributed by atoms with E-state index >= 15 is 0 Å². The molecule has 1 saturated heterocycles. The number of likely N-dealkylation sites (tertiary alicyclic amines) is 1. The number of amides is 2. The van der Waals surface area contributed by atoms with Gasteiger partial charge >= 0.3 is 12.2 Å². The zero-order chi connectivity index (χ0) is 25.8. The van der Waals surface area contributed by atoms with E-state index in [1.54, 1.807) is 23.1 Å². The highest BCUT2D eigenvalue weighted by atomic mass is 35.5. The van der Waals surface area contributed by atoms with Crippen LogP contribution in [-0.4, -0.2) is 42.5 Å². The lowest BCUT2D eigenvalue weighted by molar-refractivity contribution is -0.159. The number of halogens is 6. The van der Waals surface area contributed by atoms with E-state index in [1.807, 2.05) is 6.92 Å². The highest BCUT2D eigenvalue weighted by Gasteiger charge is 2.55. The predicted molar refractivity (Wildman–Crippen MR) is 128 cm³/mol. The number of thiol groups is 1. The van der Waals surface area contributed by atoms with E-state index in [0.29, 0.717) is 19.6 Å². The van der Waals surface area contributed by atoms with Crippen LogP contribution < -0.4 is 5.32 Å². The van der Waals surface area contributed by atoms with Gasteiger partial charge in [-0.1, -0.05) is 35.3 Å². The monoisotopic (exact) mass is 549 g/mol. The van der Waals surface area contributed by atoms with Crippen molar-refractivity contribution in [3.8, 4) is 0 Å². The molecule has 2 amide bonds. The molecule has 188 valence electrons. The van der Waals surface area contributed by atoms with Gasteiger partial charge in [0.1, 0.15) is 10.3 Å². The zero-order valence-electron chi connectivity index (χ0n) is 18.4. The van der Waals surface area contributed by atoms with Gasteiger partial charge < -0.3 is 20.4 Å². The Balaban J connectivity index is 1.58. The van der Waals surface area contributed by atoms with Crippen molar-refractivity contribution in [3.63, 3.8) is 0 Å². The molecule has 1 atom stereocenters. The maximum atomic E-state index is 14.2. The van der Waals surface area contributed by atoms with Crippen molar-refractivity contribution in [1.82, 2.24) is 10.2 Å². The molecule has 4 rings (SSSR count). The Kier molecular flexibility index (Phi) is 6.80. The van der Waals surface area contributed by atoms with Crippen LogP contribution in [0.5, 0.6) is 0 Å². The van der Waals surface area contributed by atoms with Crippen LogP contribution in [0.4, 0.5) is 22.4 Å². The van der Waals surface area contributed by atoms with E-state index in [0.717, 1.165) is 23.3 Å². The second-order valence-electron chi connectivity index (χ2n) is 8.61. The van der Waals surface area contributed by atoms with Gasteiger partial charge in [0.15, 0.2) is 5.82 Å². The van der Waals surface area contributed by atoms with Gasteiger partial charge in [-0.25, -0.2) is 9.18 Å². The largest absolute Gasteiger partial charge is 0.407 e. The lowest BCUT2D eigenvalue weighted by Crippen LogP contribution is -2.63. The Bertz CT molecular complexity index is 1180. The molecule has 2 heterocycles. The molecule has 1 unspecified atom stereocenters. The topological polar surface area (TPSA) is 65.4 Å². The third kappa shape index (κ3) is 4.50. The average Bonchev–Trinajstić information content (AvgIpc) is 3.14. The zero-order valence-corrected chi connectivity index (χ0v) is 20.8. The van der Waals surface area contributed by atoms with Crippen molar-refractivity contribution in [2.24, 2.45) is 0 Å². The van der Waals surface area contributed by atoms with Crippen LogP contribution in [-0.2, 0) is 21.7 Å². The van der Waals surface area contributed by atoms with Crippen molar-refractivity contribution in [1.29, 1.82) is 5.41 Å². The molecule has 1 spiro atoms. The number of hydrogen-bond acceptors (Lipinski definition) is 4. The fourth-order valence-corrected chi connectivity index (χ4v) is 5.17. The molecule has 35 heavy (non-hydrogen) atoms. The number of nitrogens with zero attached hydrogens (tertiary/aromatic N) is 1. The fraction of sp³-hybridized carbons (Fsp3) is 0.391. The summed E-state index contributed by atoms with van der Waals surface area (Å²) >= 11 is 15.4. The van der Waals surface area contributed by atoms with Gasteiger partial charge in [0, 0.05) is 18.7 Å². The molecule has 2 aromatic carbocycles. The summed E-state index contributed by atoms with van der Waals surface area (Å²) in [5, 5.41) is 10.0. The van der Waals surface area contributed by atoms with Gasteiger partial charge in [0.25, 0.3) is 0 Å². The normalized spacial score (nSPS) is 18.1. The molecule has 2 aliphatic rings. The van der Waals surface area contributed by atoms with Crippen molar-refractivity contribution >= 4 is 47.6 Å². The number of fused-ring (bicyclic) bond motifs is 2. The third-order valence-corrected chi connectivity index (χ3v) is 7.54. The van der Waals surface area contributed by atoms with E-state index in [-0.39, 0.29) is 23.9 Å². The summed E-state index contributed by atoms with van der Waals surface area (Å²) in [5.41, 5.74) is 0.425. The Hall–Kier alpha value is -2.01. The number of benzene rings is 2. The number of ether oxygens (including phenoxy) is 1. The smallest absolute Gasteiger partial charge is 0.362 e. The lowest BCUT2D eigenvalue weighted by atomic mass is 9.83. The second kappa shape index (κ2) is 9.14. The predicted octanol–water partition coefficient (Wildman–Crippen LogP) is 6.05. The molecule has 2 aromatic rings. The number of carbonyl (C=O) groups excluding carboxylic acids is 1. The van der Waals surface area contributed by atoms with Crippen molar-refractivity contribution in [2.45, 2.75) is 36.5 Å². The molecule has 0 aromatic heterocycles. The number of alkyl halides is 3. The Morgan fingerprint density at radius 1 is 1.23 bits per heavy atom. The molecular weight excluding hydrogens is 529 g/mol. The molecule has 0 aliphatic carbocycles. The summed E-state index contributed by atoms with van der Waals surface area (Å²) in [6.45, 7) is 3.27. The average molecular weight is 550 g/mol. The number of hydrogen-bond donors (Lipinski definition) is 3. The van der Waals surface area contributed by atoms with Crippen molar-refractivity contribution in [2.75, 3.05) is 19.6 Å². The van der Waals surface area contributed by atoms with Crippen LogP contribution in [0.25, 0.3) is 0 Å². The molecule has 12 heteroatoms. The SMILES string of the molecule is CCNC(=O)N1CC2(C1)OCc1cc(C(=N)CC(S)(c3cc(Cl)c(F)c(Cl)c3)C(F)(F)F)ccc12. The van der Waals surface area contributed by atoms with Crippen LogP contribution in [0.15, 0.2) is 30.3 Å². The Labute approximate surface area is 214 Å². The van der Waals surface area contributed by atoms with Gasteiger partial charge in [-0.3, -0.25) is 0 Å². The summed E-state index contributed by atoms with van der Waals surface area (Å²) in [5.74, 6) is -1.03. The van der Waals surface area contributed by atoms with Crippen LogP contribution in [0.1, 0.15) is 35.6 Å². The van der Waals surface area contributed by atoms with Gasteiger partial charge in [0.05, 0.1) is 29.7 Å². The van der Waals surface area contributed by atoms with Gasteiger partial charge in [-0.15, -0.1) is 0 Å². The number of nitrogens with one attached hydrogen (secondary N) is 2. The molecular formula is C23H21Cl2F4N3O2S. The summed E-state index contributed by atoms with van der Waals surface area (Å²) < 4.78 is 59.4. The molecule has 2 N–H and O–H groups in total. The molecule has 0 radical (unpaired) electrons.